The molecule has 0 bridgehead atoms. The highest BCUT2D eigenvalue weighted by molar-refractivity contribution is 5.78. The zero-order valence-electron chi connectivity index (χ0n) is 8.70. The molecule has 17 heavy (non-hydrogen) atoms. The lowest BCUT2D eigenvalue weighted by atomic mass is 10.2. The first-order chi connectivity index (χ1) is 7.99. The summed E-state index contributed by atoms with van der Waals surface area (Å²) in [5.41, 5.74) is -2.17. The van der Waals surface area contributed by atoms with Gasteiger partial charge in [-0.3, -0.25) is 19.1 Å². The molecule has 0 aromatic carbocycles. The molecule has 92 valence electrons. The van der Waals surface area contributed by atoms with Crippen LogP contribution in [0.4, 0.5) is 4.39 Å². The van der Waals surface area contributed by atoms with Crippen molar-refractivity contribution in [1.82, 2.24) is 14.9 Å². The maximum Gasteiger partial charge on any atom is 0.331 e. The van der Waals surface area contributed by atoms with Gasteiger partial charge in [0.1, 0.15) is 0 Å². The third kappa shape index (κ3) is 2.05. The third-order valence-corrected chi connectivity index (χ3v) is 2.60. The van der Waals surface area contributed by atoms with Crippen molar-refractivity contribution >= 4 is 5.91 Å². The van der Waals surface area contributed by atoms with E-state index in [-0.39, 0.29) is 18.5 Å². The van der Waals surface area contributed by atoms with E-state index in [2.05, 4.69) is 5.32 Å². The Bertz CT molecular complexity index is 577. The van der Waals surface area contributed by atoms with Crippen LogP contribution in [0.3, 0.4) is 0 Å². The molecule has 8 heteroatoms. The van der Waals surface area contributed by atoms with Crippen LogP contribution in [0, 0.1) is 5.82 Å². The fourth-order valence-corrected chi connectivity index (χ4v) is 1.74. The van der Waals surface area contributed by atoms with E-state index in [1.54, 1.807) is 4.98 Å². The maximum absolute atomic E-state index is 13.1. The van der Waals surface area contributed by atoms with Gasteiger partial charge in [-0.25, -0.2) is 4.79 Å². The van der Waals surface area contributed by atoms with E-state index in [1.807, 2.05) is 0 Å². The number of aromatic amines is 1. The molecule has 0 saturated carbocycles. The van der Waals surface area contributed by atoms with Gasteiger partial charge >= 0.3 is 5.69 Å². The minimum atomic E-state index is -1.41. The fraction of sp³-hybridized carbons (Fsp3) is 0.444. The van der Waals surface area contributed by atoms with Crippen LogP contribution in [0.1, 0.15) is 12.8 Å². The standard InChI is InChI=1S/C9H10FN3O4/c10-6-7(15)12-9(17)13(8(6)16)3-4-1-2-5(14)11-4/h4,16H,1-3H2,(H,11,14)(H,12,15,17). The van der Waals surface area contributed by atoms with Gasteiger partial charge in [-0.2, -0.15) is 4.39 Å². The van der Waals surface area contributed by atoms with Gasteiger partial charge in [-0.05, 0) is 6.42 Å². The van der Waals surface area contributed by atoms with Crippen LogP contribution in [-0.2, 0) is 11.3 Å². The van der Waals surface area contributed by atoms with Crippen LogP contribution < -0.4 is 16.6 Å². The summed E-state index contributed by atoms with van der Waals surface area (Å²) in [4.78, 5) is 34.9. The van der Waals surface area contributed by atoms with Crippen molar-refractivity contribution in [3.63, 3.8) is 0 Å². The average molecular weight is 243 g/mol. The van der Waals surface area contributed by atoms with E-state index in [4.69, 9.17) is 0 Å². The number of nitrogens with zero attached hydrogens (tertiary/aromatic N) is 1. The number of halogens is 1. The molecule has 1 aromatic rings. The second kappa shape index (κ2) is 4.04. The maximum atomic E-state index is 13.1. The zero-order chi connectivity index (χ0) is 12.6. The van der Waals surface area contributed by atoms with E-state index in [0.29, 0.717) is 17.4 Å². The van der Waals surface area contributed by atoms with E-state index >= 15 is 0 Å². The number of hydrogen-bond acceptors (Lipinski definition) is 4. The number of carbonyl (C=O) groups excluding carboxylic acids is 1. The predicted molar refractivity (Wildman–Crippen MR) is 54.1 cm³/mol. The summed E-state index contributed by atoms with van der Waals surface area (Å²) in [7, 11) is 0. The quantitative estimate of drug-likeness (QED) is 0.598. The molecule has 1 unspecified atom stereocenters. The molecule has 7 nitrogen and oxygen atoms in total. The van der Waals surface area contributed by atoms with Gasteiger partial charge in [-0.1, -0.05) is 0 Å². The van der Waals surface area contributed by atoms with Crippen LogP contribution >= 0.6 is 0 Å². The van der Waals surface area contributed by atoms with Gasteiger partial charge < -0.3 is 10.4 Å². The van der Waals surface area contributed by atoms with E-state index < -0.39 is 22.9 Å². The fourth-order valence-electron chi connectivity index (χ4n) is 1.74. The Morgan fingerprint density at radius 1 is 1.41 bits per heavy atom. The summed E-state index contributed by atoms with van der Waals surface area (Å²) in [5, 5.41) is 11.9. The lowest BCUT2D eigenvalue weighted by molar-refractivity contribution is -0.119. The lowest BCUT2D eigenvalue weighted by Crippen LogP contribution is -2.38. The highest BCUT2D eigenvalue weighted by Crippen LogP contribution is 2.12. The Balaban J connectivity index is 2.33. The van der Waals surface area contributed by atoms with Crippen LogP contribution in [0.5, 0.6) is 5.88 Å². The van der Waals surface area contributed by atoms with Crippen molar-refractivity contribution in [2.75, 3.05) is 0 Å². The highest BCUT2D eigenvalue weighted by Gasteiger charge is 2.23. The summed E-state index contributed by atoms with van der Waals surface area (Å²) in [6.45, 7) is -0.0793. The Morgan fingerprint density at radius 3 is 2.71 bits per heavy atom. The van der Waals surface area contributed by atoms with Gasteiger partial charge in [-0.15, -0.1) is 0 Å². The van der Waals surface area contributed by atoms with Gasteiger partial charge in [0.15, 0.2) is 0 Å². The van der Waals surface area contributed by atoms with Crippen LogP contribution in [-0.4, -0.2) is 26.6 Å². The summed E-state index contributed by atoms with van der Waals surface area (Å²) >= 11 is 0. The summed E-state index contributed by atoms with van der Waals surface area (Å²) in [5.74, 6) is -2.58. The normalized spacial score (nSPS) is 19.4. The molecule has 1 aliphatic rings. The van der Waals surface area contributed by atoms with Crippen molar-refractivity contribution < 1.29 is 14.3 Å². The average Bonchev–Trinajstić information content (AvgIpc) is 2.67. The number of amides is 1. The first kappa shape index (κ1) is 11.4. The molecule has 0 spiro atoms. The molecule has 3 N–H and O–H groups in total. The number of hydrogen-bond donors (Lipinski definition) is 3. The number of aromatic hydroxyl groups is 1. The molecule has 2 heterocycles. The Hall–Kier alpha value is -2.12. The van der Waals surface area contributed by atoms with Crippen LogP contribution in [0.25, 0.3) is 0 Å². The van der Waals surface area contributed by atoms with Crippen molar-refractivity contribution in [1.29, 1.82) is 0 Å². The van der Waals surface area contributed by atoms with Gasteiger partial charge in [0.2, 0.25) is 17.6 Å². The van der Waals surface area contributed by atoms with Gasteiger partial charge in [0, 0.05) is 12.5 Å². The van der Waals surface area contributed by atoms with E-state index in [1.165, 1.54) is 0 Å². The minimum absolute atomic E-state index is 0.0793. The molecular formula is C9H10FN3O4. The lowest BCUT2D eigenvalue weighted by Gasteiger charge is -2.13. The van der Waals surface area contributed by atoms with Crippen molar-refractivity contribution in [2.24, 2.45) is 0 Å². The number of carbonyl (C=O) groups is 1. The summed E-state index contributed by atoms with van der Waals surface area (Å²) < 4.78 is 13.8. The Kier molecular flexibility index (Phi) is 2.70. The molecule has 1 saturated heterocycles. The SMILES string of the molecule is O=C1CCC(Cn2c(O)c(F)c(=O)[nH]c2=O)N1. The Labute approximate surface area is 93.9 Å². The molecule has 1 fully saturated rings. The summed E-state index contributed by atoms with van der Waals surface area (Å²) in [6.07, 6.45) is 0.817. The smallest absolute Gasteiger partial charge is 0.331 e. The number of H-pyrrole nitrogens is 1. The van der Waals surface area contributed by atoms with Gasteiger partial charge in [0.25, 0.3) is 5.56 Å². The zero-order valence-corrected chi connectivity index (χ0v) is 8.70. The van der Waals surface area contributed by atoms with Crippen molar-refractivity contribution in [3.05, 3.63) is 26.7 Å². The minimum Gasteiger partial charge on any atom is -0.492 e. The van der Waals surface area contributed by atoms with Crippen molar-refractivity contribution in [3.8, 4) is 5.88 Å². The molecule has 1 atom stereocenters. The summed E-state index contributed by atoms with van der Waals surface area (Å²) in [6, 6.07) is -0.351. The number of nitrogens with one attached hydrogen (secondary N) is 2. The second-order valence-corrected chi connectivity index (χ2v) is 3.81. The number of rotatable bonds is 2. The van der Waals surface area contributed by atoms with Crippen LogP contribution in [0.2, 0.25) is 0 Å². The first-order valence-corrected chi connectivity index (χ1v) is 5.00. The molecule has 0 radical (unpaired) electrons. The predicted octanol–water partition coefficient (Wildman–Crippen LogP) is -1.34. The third-order valence-electron chi connectivity index (χ3n) is 2.60. The molecule has 0 aliphatic carbocycles. The van der Waals surface area contributed by atoms with E-state index in [0.717, 1.165) is 0 Å². The molecule has 1 amide bonds. The van der Waals surface area contributed by atoms with Crippen LogP contribution in [0.15, 0.2) is 9.59 Å². The van der Waals surface area contributed by atoms with E-state index in [9.17, 15) is 23.9 Å². The Morgan fingerprint density at radius 2 is 2.12 bits per heavy atom. The number of aromatic nitrogens is 2. The molecule has 1 aromatic heterocycles. The topological polar surface area (TPSA) is 104 Å². The molecular weight excluding hydrogens is 233 g/mol. The molecule has 1 aliphatic heterocycles. The highest BCUT2D eigenvalue weighted by atomic mass is 19.1. The van der Waals surface area contributed by atoms with Gasteiger partial charge in [0.05, 0.1) is 6.54 Å². The first-order valence-electron chi connectivity index (χ1n) is 5.00. The largest absolute Gasteiger partial charge is 0.492 e. The second-order valence-electron chi connectivity index (χ2n) is 3.81. The van der Waals surface area contributed by atoms with Crippen molar-refractivity contribution in [2.45, 2.75) is 25.4 Å². The molecule has 2 rings (SSSR count). The monoisotopic (exact) mass is 243 g/mol.